The molecule has 0 spiro atoms. The number of aryl methyl sites for hydroxylation is 1. The predicted octanol–water partition coefficient (Wildman–Crippen LogP) is 1.28. The molecule has 0 saturated carbocycles. The van der Waals surface area contributed by atoms with Crippen molar-refractivity contribution in [3.05, 3.63) is 23.8 Å². The number of nitrogens with zero attached hydrogens (tertiary/aromatic N) is 2. The number of aromatic nitrogens is 2. The monoisotopic (exact) mass is 179 g/mol. The summed E-state index contributed by atoms with van der Waals surface area (Å²) in [5.41, 5.74) is 1.27. The Labute approximate surface area is 79.6 Å². The first kappa shape index (κ1) is 10.1. The molecule has 1 rings (SSSR count). The molecule has 0 radical (unpaired) electrons. The van der Waals surface area contributed by atoms with E-state index in [1.54, 1.807) is 0 Å². The zero-order valence-corrected chi connectivity index (χ0v) is 8.76. The molecule has 3 heteroatoms. The average Bonchev–Trinajstić information content (AvgIpc) is 2.05. The van der Waals surface area contributed by atoms with Crippen LogP contribution in [0.4, 0.5) is 0 Å². The van der Waals surface area contributed by atoms with Gasteiger partial charge in [-0.2, -0.15) is 0 Å². The lowest BCUT2D eigenvalue weighted by Crippen LogP contribution is -2.30. The van der Waals surface area contributed by atoms with E-state index < -0.39 is 0 Å². The Kier molecular flexibility index (Phi) is 2.98. The second kappa shape index (κ2) is 3.83. The van der Waals surface area contributed by atoms with E-state index in [2.05, 4.69) is 29.1 Å². The summed E-state index contributed by atoms with van der Waals surface area (Å²) in [4.78, 5) is 8.38. The Morgan fingerprint density at radius 1 is 1.31 bits per heavy atom. The quantitative estimate of drug-likeness (QED) is 0.759. The fraction of sp³-hybridized carbons (Fsp3) is 0.600. The van der Waals surface area contributed by atoms with Crippen molar-refractivity contribution in [2.75, 3.05) is 13.6 Å². The summed E-state index contributed by atoms with van der Waals surface area (Å²) in [6.45, 7) is 7.18. The van der Waals surface area contributed by atoms with Crippen LogP contribution in [0, 0.1) is 6.92 Å². The van der Waals surface area contributed by atoms with Crippen LogP contribution < -0.4 is 5.32 Å². The molecule has 13 heavy (non-hydrogen) atoms. The van der Waals surface area contributed by atoms with Gasteiger partial charge in [0.05, 0.1) is 0 Å². The van der Waals surface area contributed by atoms with E-state index in [-0.39, 0.29) is 5.41 Å². The van der Waals surface area contributed by atoms with Gasteiger partial charge in [-0.25, -0.2) is 9.97 Å². The molecule has 0 atom stereocenters. The Bertz CT molecular complexity index is 264. The summed E-state index contributed by atoms with van der Waals surface area (Å²) in [6.07, 6.45) is 3.80. The standard InChI is InChI=1S/C10H17N3/c1-8-12-5-9(6-13-8)10(2,3)7-11-4/h5-6,11H,7H2,1-4H3. The van der Waals surface area contributed by atoms with E-state index in [1.165, 1.54) is 5.56 Å². The topological polar surface area (TPSA) is 37.8 Å². The third kappa shape index (κ3) is 2.49. The van der Waals surface area contributed by atoms with E-state index >= 15 is 0 Å². The summed E-state index contributed by atoms with van der Waals surface area (Å²) >= 11 is 0. The molecule has 1 N–H and O–H groups in total. The maximum atomic E-state index is 4.19. The van der Waals surface area contributed by atoms with Gasteiger partial charge in [-0.15, -0.1) is 0 Å². The fourth-order valence-electron chi connectivity index (χ4n) is 1.29. The molecule has 0 amide bonds. The number of rotatable bonds is 3. The van der Waals surface area contributed by atoms with Crippen LogP contribution in [0.15, 0.2) is 12.4 Å². The predicted molar refractivity (Wildman–Crippen MR) is 53.7 cm³/mol. The molecule has 1 aromatic heterocycles. The minimum atomic E-state index is 0.0997. The van der Waals surface area contributed by atoms with E-state index in [0.29, 0.717) is 0 Å². The first-order chi connectivity index (χ1) is 6.06. The molecule has 0 aliphatic carbocycles. The third-order valence-electron chi connectivity index (χ3n) is 2.18. The SMILES string of the molecule is CNCC(C)(C)c1cnc(C)nc1. The van der Waals surface area contributed by atoms with Crippen molar-refractivity contribution in [1.82, 2.24) is 15.3 Å². The zero-order chi connectivity index (χ0) is 9.90. The number of hydrogen-bond donors (Lipinski definition) is 1. The average molecular weight is 179 g/mol. The first-order valence-corrected chi connectivity index (χ1v) is 4.50. The molecular formula is C10H17N3. The van der Waals surface area contributed by atoms with E-state index in [4.69, 9.17) is 0 Å². The van der Waals surface area contributed by atoms with Gasteiger partial charge < -0.3 is 5.32 Å². The van der Waals surface area contributed by atoms with Crippen LogP contribution >= 0.6 is 0 Å². The smallest absolute Gasteiger partial charge is 0.125 e. The van der Waals surface area contributed by atoms with Gasteiger partial charge in [0, 0.05) is 24.4 Å². The van der Waals surface area contributed by atoms with E-state index in [0.717, 1.165) is 12.4 Å². The first-order valence-electron chi connectivity index (χ1n) is 4.50. The Hall–Kier alpha value is -0.960. The largest absolute Gasteiger partial charge is 0.319 e. The van der Waals surface area contributed by atoms with Crippen molar-refractivity contribution < 1.29 is 0 Å². The lowest BCUT2D eigenvalue weighted by Gasteiger charge is -2.23. The van der Waals surface area contributed by atoms with Gasteiger partial charge in [0.25, 0.3) is 0 Å². The van der Waals surface area contributed by atoms with Crippen LogP contribution in [0.25, 0.3) is 0 Å². The summed E-state index contributed by atoms with van der Waals surface area (Å²) in [7, 11) is 1.96. The molecule has 72 valence electrons. The molecule has 0 aromatic carbocycles. The van der Waals surface area contributed by atoms with Gasteiger partial charge in [0.2, 0.25) is 0 Å². The number of hydrogen-bond acceptors (Lipinski definition) is 3. The Morgan fingerprint density at radius 2 is 1.85 bits per heavy atom. The minimum Gasteiger partial charge on any atom is -0.319 e. The van der Waals surface area contributed by atoms with Crippen molar-refractivity contribution in [2.45, 2.75) is 26.2 Å². The maximum Gasteiger partial charge on any atom is 0.125 e. The van der Waals surface area contributed by atoms with Gasteiger partial charge in [-0.05, 0) is 19.5 Å². The van der Waals surface area contributed by atoms with Crippen molar-refractivity contribution >= 4 is 0 Å². The van der Waals surface area contributed by atoms with Crippen LogP contribution in [-0.2, 0) is 5.41 Å². The molecule has 0 saturated heterocycles. The van der Waals surface area contributed by atoms with Gasteiger partial charge in [-0.3, -0.25) is 0 Å². The lowest BCUT2D eigenvalue weighted by molar-refractivity contribution is 0.490. The van der Waals surface area contributed by atoms with Gasteiger partial charge in [0.15, 0.2) is 0 Å². The molecule has 0 aliphatic heterocycles. The molecule has 0 aliphatic rings. The van der Waals surface area contributed by atoms with Crippen LogP contribution in [0.3, 0.4) is 0 Å². The molecule has 1 heterocycles. The highest BCUT2D eigenvalue weighted by Crippen LogP contribution is 2.20. The Balaban J connectivity index is 2.87. The van der Waals surface area contributed by atoms with Crippen LogP contribution in [-0.4, -0.2) is 23.6 Å². The van der Waals surface area contributed by atoms with Gasteiger partial charge in [-0.1, -0.05) is 13.8 Å². The van der Waals surface area contributed by atoms with Crippen molar-refractivity contribution in [1.29, 1.82) is 0 Å². The molecule has 0 bridgehead atoms. The number of likely N-dealkylation sites (N-methyl/N-ethyl adjacent to an activating group) is 1. The molecule has 3 nitrogen and oxygen atoms in total. The normalized spacial score (nSPS) is 11.7. The minimum absolute atomic E-state index is 0.0997. The van der Waals surface area contributed by atoms with Crippen molar-refractivity contribution in [3.63, 3.8) is 0 Å². The van der Waals surface area contributed by atoms with Crippen molar-refractivity contribution in [2.24, 2.45) is 0 Å². The third-order valence-corrected chi connectivity index (χ3v) is 2.18. The summed E-state index contributed by atoms with van der Waals surface area (Å²) in [5.74, 6) is 0.823. The number of nitrogens with one attached hydrogen (secondary N) is 1. The van der Waals surface area contributed by atoms with Crippen LogP contribution in [0.1, 0.15) is 25.2 Å². The highest BCUT2D eigenvalue weighted by molar-refractivity contribution is 5.17. The van der Waals surface area contributed by atoms with Gasteiger partial charge >= 0.3 is 0 Å². The summed E-state index contributed by atoms with van der Waals surface area (Å²) < 4.78 is 0. The summed E-state index contributed by atoms with van der Waals surface area (Å²) in [6, 6.07) is 0. The lowest BCUT2D eigenvalue weighted by atomic mass is 9.86. The molecule has 0 unspecified atom stereocenters. The van der Waals surface area contributed by atoms with Crippen molar-refractivity contribution in [3.8, 4) is 0 Å². The highest BCUT2D eigenvalue weighted by atomic mass is 14.9. The second-order valence-electron chi connectivity index (χ2n) is 3.93. The van der Waals surface area contributed by atoms with Crippen LogP contribution in [0.2, 0.25) is 0 Å². The summed E-state index contributed by atoms with van der Waals surface area (Å²) in [5, 5.41) is 3.17. The highest BCUT2D eigenvalue weighted by Gasteiger charge is 2.19. The Morgan fingerprint density at radius 3 is 2.31 bits per heavy atom. The van der Waals surface area contributed by atoms with E-state index in [9.17, 15) is 0 Å². The molecular weight excluding hydrogens is 162 g/mol. The second-order valence-corrected chi connectivity index (χ2v) is 3.93. The zero-order valence-electron chi connectivity index (χ0n) is 8.76. The van der Waals surface area contributed by atoms with Gasteiger partial charge in [0.1, 0.15) is 5.82 Å². The van der Waals surface area contributed by atoms with Crippen LogP contribution in [0.5, 0.6) is 0 Å². The molecule has 1 aromatic rings. The fourth-order valence-corrected chi connectivity index (χ4v) is 1.29. The maximum absolute atomic E-state index is 4.19. The van der Waals surface area contributed by atoms with E-state index in [1.807, 2.05) is 26.4 Å². The molecule has 0 fully saturated rings.